The summed E-state index contributed by atoms with van der Waals surface area (Å²) in [5.41, 5.74) is 2.56. The molecule has 0 radical (unpaired) electrons. The number of nitrogens with zero attached hydrogens (tertiary/aromatic N) is 1. The van der Waals surface area contributed by atoms with Crippen molar-refractivity contribution in [3.05, 3.63) is 48.0 Å². The first-order chi connectivity index (χ1) is 12.7. The molecular weight excluding hydrogens is 328 g/mol. The second-order valence-corrected chi connectivity index (χ2v) is 6.82. The molecule has 2 aromatic rings. The molecule has 2 aliphatic rings. The second-order valence-electron chi connectivity index (χ2n) is 6.82. The molecule has 0 atom stereocenters. The minimum atomic E-state index is -0.446. The van der Waals surface area contributed by atoms with E-state index in [1.807, 2.05) is 30.3 Å². The highest BCUT2D eigenvalue weighted by molar-refractivity contribution is 6.01. The van der Waals surface area contributed by atoms with E-state index in [1.54, 1.807) is 0 Å². The van der Waals surface area contributed by atoms with E-state index in [4.69, 9.17) is 9.47 Å². The number of ether oxygens (including phenoxy) is 2. The predicted octanol–water partition coefficient (Wildman–Crippen LogP) is 3.93. The Kier molecular flexibility index (Phi) is 4.23. The first-order valence-electron chi connectivity index (χ1n) is 9.23. The molecule has 0 spiro atoms. The fourth-order valence-electron chi connectivity index (χ4n) is 3.56. The SMILES string of the molecule is CCN(CC)c1ccc(NC(=O)C2(c3ccc4c(c3)OCO4)CC2)cc1. The predicted molar refractivity (Wildman–Crippen MR) is 102 cm³/mol. The van der Waals surface area contributed by atoms with Crippen LogP contribution in [0.1, 0.15) is 32.3 Å². The summed E-state index contributed by atoms with van der Waals surface area (Å²) in [6, 6.07) is 13.9. The summed E-state index contributed by atoms with van der Waals surface area (Å²) in [5, 5.41) is 3.08. The zero-order valence-electron chi connectivity index (χ0n) is 15.2. The van der Waals surface area contributed by atoms with E-state index in [0.29, 0.717) is 0 Å². The molecule has 1 aliphatic carbocycles. The molecule has 0 bridgehead atoms. The normalized spacial score (nSPS) is 16.2. The fourth-order valence-corrected chi connectivity index (χ4v) is 3.56. The van der Waals surface area contributed by atoms with Crippen molar-refractivity contribution in [2.75, 3.05) is 30.1 Å². The third-order valence-electron chi connectivity index (χ3n) is 5.36. The van der Waals surface area contributed by atoms with Gasteiger partial charge in [-0.05, 0) is 68.7 Å². The Labute approximate surface area is 153 Å². The number of fused-ring (bicyclic) bond motifs is 1. The Bertz CT molecular complexity index is 809. The maximum atomic E-state index is 12.9. The van der Waals surface area contributed by atoms with Crippen LogP contribution in [-0.2, 0) is 10.2 Å². The average Bonchev–Trinajstić information content (AvgIpc) is 3.35. The number of nitrogens with one attached hydrogen (secondary N) is 1. The van der Waals surface area contributed by atoms with Crippen LogP contribution in [-0.4, -0.2) is 25.8 Å². The highest BCUT2D eigenvalue weighted by Crippen LogP contribution is 2.51. The molecule has 1 fully saturated rings. The summed E-state index contributed by atoms with van der Waals surface area (Å²) in [6.45, 7) is 6.46. The maximum absolute atomic E-state index is 12.9. The largest absolute Gasteiger partial charge is 0.454 e. The van der Waals surface area contributed by atoms with Gasteiger partial charge in [0.2, 0.25) is 12.7 Å². The Morgan fingerprint density at radius 1 is 1.04 bits per heavy atom. The van der Waals surface area contributed by atoms with E-state index in [9.17, 15) is 4.79 Å². The maximum Gasteiger partial charge on any atom is 0.235 e. The smallest absolute Gasteiger partial charge is 0.235 e. The van der Waals surface area contributed by atoms with Gasteiger partial charge in [-0.15, -0.1) is 0 Å². The summed E-state index contributed by atoms with van der Waals surface area (Å²) in [5.74, 6) is 1.52. The number of anilines is 2. The van der Waals surface area contributed by atoms with Crippen LogP contribution < -0.4 is 19.7 Å². The third kappa shape index (κ3) is 2.87. The molecule has 5 heteroatoms. The van der Waals surface area contributed by atoms with Crippen LogP contribution in [0.2, 0.25) is 0 Å². The number of benzene rings is 2. The van der Waals surface area contributed by atoms with Crippen molar-refractivity contribution in [1.29, 1.82) is 0 Å². The van der Waals surface area contributed by atoms with Crippen LogP contribution in [0.5, 0.6) is 11.5 Å². The van der Waals surface area contributed by atoms with Crippen LogP contribution in [0.15, 0.2) is 42.5 Å². The molecule has 26 heavy (non-hydrogen) atoms. The van der Waals surface area contributed by atoms with E-state index in [1.165, 1.54) is 5.69 Å². The molecule has 0 aromatic heterocycles. The zero-order chi connectivity index (χ0) is 18.1. The summed E-state index contributed by atoms with van der Waals surface area (Å²) < 4.78 is 10.8. The summed E-state index contributed by atoms with van der Waals surface area (Å²) in [4.78, 5) is 15.2. The van der Waals surface area contributed by atoms with Gasteiger partial charge in [0.25, 0.3) is 0 Å². The van der Waals surface area contributed by atoms with E-state index in [0.717, 1.165) is 48.7 Å². The lowest BCUT2D eigenvalue weighted by molar-refractivity contribution is -0.118. The number of amides is 1. The molecule has 0 unspecified atom stereocenters. The monoisotopic (exact) mass is 352 g/mol. The summed E-state index contributed by atoms with van der Waals surface area (Å²) in [7, 11) is 0. The van der Waals surface area contributed by atoms with Crippen LogP contribution in [0.4, 0.5) is 11.4 Å². The van der Waals surface area contributed by atoms with Crippen molar-refractivity contribution < 1.29 is 14.3 Å². The Morgan fingerprint density at radius 2 is 1.73 bits per heavy atom. The van der Waals surface area contributed by atoms with Gasteiger partial charge in [-0.25, -0.2) is 0 Å². The number of hydrogen-bond donors (Lipinski definition) is 1. The molecule has 4 rings (SSSR count). The van der Waals surface area contributed by atoms with Crippen LogP contribution in [0.3, 0.4) is 0 Å². The highest BCUT2D eigenvalue weighted by Gasteiger charge is 2.51. The first kappa shape index (κ1) is 16.8. The molecule has 1 amide bonds. The minimum absolute atomic E-state index is 0.0481. The molecule has 0 saturated heterocycles. The van der Waals surface area contributed by atoms with Crippen LogP contribution >= 0.6 is 0 Å². The second kappa shape index (κ2) is 6.56. The van der Waals surface area contributed by atoms with Gasteiger partial charge in [0, 0.05) is 24.5 Å². The Balaban J connectivity index is 1.49. The lowest BCUT2D eigenvalue weighted by Crippen LogP contribution is -2.27. The van der Waals surface area contributed by atoms with Crippen molar-refractivity contribution in [3.8, 4) is 11.5 Å². The van der Waals surface area contributed by atoms with Gasteiger partial charge >= 0.3 is 0 Å². The van der Waals surface area contributed by atoms with Crippen molar-refractivity contribution >= 4 is 17.3 Å². The highest BCUT2D eigenvalue weighted by atomic mass is 16.7. The van der Waals surface area contributed by atoms with Crippen LogP contribution in [0, 0.1) is 0 Å². The van der Waals surface area contributed by atoms with E-state index < -0.39 is 5.41 Å². The minimum Gasteiger partial charge on any atom is -0.454 e. The van der Waals surface area contributed by atoms with Crippen molar-refractivity contribution in [2.45, 2.75) is 32.1 Å². The van der Waals surface area contributed by atoms with E-state index in [-0.39, 0.29) is 12.7 Å². The number of carbonyl (C=O) groups excluding carboxylic acids is 1. The topological polar surface area (TPSA) is 50.8 Å². The summed E-state index contributed by atoms with van der Waals surface area (Å²) in [6.07, 6.45) is 1.71. The fraction of sp³-hybridized carbons (Fsp3) is 0.381. The van der Waals surface area contributed by atoms with Gasteiger partial charge in [-0.1, -0.05) is 6.07 Å². The standard InChI is InChI=1S/C21H24N2O3/c1-3-23(4-2)17-8-6-16(7-9-17)22-20(24)21(11-12-21)15-5-10-18-19(13-15)26-14-25-18/h5-10,13H,3-4,11-12,14H2,1-2H3,(H,22,24). The van der Waals surface area contributed by atoms with Crippen molar-refractivity contribution in [1.82, 2.24) is 0 Å². The van der Waals surface area contributed by atoms with Crippen molar-refractivity contribution in [3.63, 3.8) is 0 Å². The summed E-state index contributed by atoms with van der Waals surface area (Å²) >= 11 is 0. The van der Waals surface area contributed by atoms with Crippen LogP contribution in [0.25, 0.3) is 0 Å². The lowest BCUT2D eigenvalue weighted by Gasteiger charge is -2.21. The zero-order valence-corrected chi connectivity index (χ0v) is 15.2. The number of rotatable bonds is 6. The third-order valence-corrected chi connectivity index (χ3v) is 5.36. The Hall–Kier alpha value is -2.69. The quantitative estimate of drug-likeness (QED) is 0.856. The molecule has 1 aliphatic heterocycles. The number of carbonyl (C=O) groups is 1. The molecule has 1 heterocycles. The van der Waals surface area contributed by atoms with Gasteiger partial charge in [0.05, 0.1) is 5.41 Å². The molecule has 2 aromatic carbocycles. The Morgan fingerprint density at radius 3 is 2.38 bits per heavy atom. The molecule has 5 nitrogen and oxygen atoms in total. The van der Waals surface area contributed by atoms with E-state index >= 15 is 0 Å². The van der Waals surface area contributed by atoms with Gasteiger partial charge in [0.1, 0.15) is 0 Å². The van der Waals surface area contributed by atoms with Gasteiger partial charge in [-0.2, -0.15) is 0 Å². The number of hydrogen-bond acceptors (Lipinski definition) is 4. The average molecular weight is 352 g/mol. The first-order valence-corrected chi connectivity index (χ1v) is 9.23. The lowest BCUT2D eigenvalue weighted by atomic mass is 9.94. The molecular formula is C21H24N2O3. The molecule has 1 saturated carbocycles. The molecule has 136 valence electrons. The van der Waals surface area contributed by atoms with E-state index in [2.05, 4.69) is 36.2 Å². The van der Waals surface area contributed by atoms with Crippen molar-refractivity contribution in [2.24, 2.45) is 0 Å². The van der Waals surface area contributed by atoms with Gasteiger partial charge in [0.15, 0.2) is 11.5 Å². The van der Waals surface area contributed by atoms with Gasteiger partial charge in [-0.3, -0.25) is 4.79 Å². The van der Waals surface area contributed by atoms with Gasteiger partial charge < -0.3 is 19.7 Å². The molecule has 1 N–H and O–H groups in total.